The van der Waals surface area contributed by atoms with Crippen LogP contribution in [-0.2, 0) is 9.53 Å². The molecule has 0 saturated heterocycles. The number of rotatable bonds is 4. The van der Waals surface area contributed by atoms with Crippen LogP contribution in [0.5, 0.6) is 5.75 Å². The number of ether oxygens (including phenoxy) is 1. The minimum atomic E-state index is -1.18. The summed E-state index contributed by atoms with van der Waals surface area (Å²) < 4.78 is 4.80. The number of fused-ring (bicyclic) bond motifs is 1. The zero-order valence-corrected chi connectivity index (χ0v) is 13.7. The lowest BCUT2D eigenvalue weighted by atomic mass is 9.88. The molecule has 2 aromatic rings. The quantitative estimate of drug-likeness (QED) is 0.851. The van der Waals surface area contributed by atoms with E-state index in [1.54, 1.807) is 31.2 Å². The molecule has 0 radical (unpaired) electrons. The topological polar surface area (TPSA) is 75.6 Å². The normalized spacial score (nSPS) is 13.6. The number of carbonyl (C=O) groups excluding carboxylic acids is 2. The molecule has 0 aliphatic heterocycles. The van der Waals surface area contributed by atoms with Crippen molar-refractivity contribution in [2.75, 3.05) is 7.11 Å². The van der Waals surface area contributed by atoms with E-state index in [4.69, 9.17) is 4.74 Å². The molecule has 0 heterocycles. The van der Waals surface area contributed by atoms with Crippen molar-refractivity contribution >= 4 is 22.6 Å². The van der Waals surface area contributed by atoms with Crippen LogP contribution in [0.15, 0.2) is 36.4 Å². The van der Waals surface area contributed by atoms with Crippen LogP contribution in [0.25, 0.3) is 10.8 Å². The van der Waals surface area contributed by atoms with Gasteiger partial charge in [0, 0.05) is 5.39 Å². The predicted octanol–water partition coefficient (Wildman–Crippen LogP) is 2.86. The third kappa shape index (κ3) is 2.99. The van der Waals surface area contributed by atoms with Crippen LogP contribution < -0.4 is 5.32 Å². The molecule has 2 aromatic carbocycles. The van der Waals surface area contributed by atoms with Crippen molar-refractivity contribution in [1.82, 2.24) is 5.32 Å². The third-order valence-electron chi connectivity index (χ3n) is 4.28. The number of phenolic OH excluding ortho intramolecular Hbond substituents is 1. The molecule has 2 N–H and O–H groups in total. The lowest BCUT2D eigenvalue weighted by molar-refractivity contribution is -0.149. The van der Waals surface area contributed by atoms with Crippen LogP contribution in [0.2, 0.25) is 0 Å². The Balaban J connectivity index is 2.41. The molecule has 1 amide bonds. The molecule has 122 valence electrons. The number of benzene rings is 2. The first kappa shape index (κ1) is 16.8. The molecule has 5 nitrogen and oxygen atoms in total. The first-order valence-corrected chi connectivity index (χ1v) is 7.43. The summed E-state index contributed by atoms with van der Waals surface area (Å²) in [5, 5.41) is 14.5. The Kier molecular flexibility index (Phi) is 4.59. The van der Waals surface area contributed by atoms with Gasteiger partial charge in [-0.2, -0.15) is 0 Å². The van der Waals surface area contributed by atoms with E-state index >= 15 is 0 Å². The van der Waals surface area contributed by atoms with Crippen molar-refractivity contribution in [3.8, 4) is 5.75 Å². The van der Waals surface area contributed by atoms with Crippen molar-refractivity contribution in [2.24, 2.45) is 5.92 Å². The van der Waals surface area contributed by atoms with E-state index in [2.05, 4.69) is 5.32 Å². The molecule has 0 aliphatic carbocycles. The fourth-order valence-electron chi connectivity index (χ4n) is 2.38. The van der Waals surface area contributed by atoms with Gasteiger partial charge in [-0.25, -0.2) is 4.79 Å². The lowest BCUT2D eigenvalue weighted by Crippen LogP contribution is -2.56. The molecule has 5 heteroatoms. The SMILES string of the molecule is COC(=O)C(C)(NC(=O)c1ccc2ccccc2c1O)C(C)C. The van der Waals surface area contributed by atoms with Gasteiger partial charge in [0.05, 0.1) is 12.7 Å². The molecule has 0 aromatic heterocycles. The molecule has 0 fully saturated rings. The smallest absolute Gasteiger partial charge is 0.331 e. The Morgan fingerprint density at radius 2 is 1.83 bits per heavy atom. The Morgan fingerprint density at radius 3 is 2.43 bits per heavy atom. The van der Waals surface area contributed by atoms with E-state index in [0.717, 1.165) is 5.39 Å². The minimum absolute atomic E-state index is 0.100. The highest BCUT2D eigenvalue weighted by atomic mass is 16.5. The van der Waals surface area contributed by atoms with Crippen LogP contribution in [-0.4, -0.2) is 29.6 Å². The maximum atomic E-state index is 12.6. The number of nitrogens with one attached hydrogen (secondary N) is 1. The second-order valence-electron chi connectivity index (χ2n) is 5.99. The van der Waals surface area contributed by atoms with Crippen LogP contribution in [0.1, 0.15) is 31.1 Å². The maximum absolute atomic E-state index is 12.6. The Labute approximate surface area is 135 Å². The van der Waals surface area contributed by atoms with Gasteiger partial charge in [-0.3, -0.25) is 4.79 Å². The number of methoxy groups -OCH3 is 1. The van der Waals surface area contributed by atoms with Gasteiger partial charge in [0.2, 0.25) is 0 Å². The van der Waals surface area contributed by atoms with Gasteiger partial charge in [-0.1, -0.05) is 44.2 Å². The summed E-state index contributed by atoms with van der Waals surface area (Å²) in [5.41, 5.74) is -1.05. The zero-order valence-electron chi connectivity index (χ0n) is 13.7. The molecule has 0 spiro atoms. The molecule has 0 bridgehead atoms. The van der Waals surface area contributed by atoms with Crippen LogP contribution in [0.3, 0.4) is 0 Å². The monoisotopic (exact) mass is 315 g/mol. The molecule has 1 atom stereocenters. The molecule has 0 aliphatic rings. The van der Waals surface area contributed by atoms with Crippen LogP contribution in [0.4, 0.5) is 0 Å². The summed E-state index contributed by atoms with van der Waals surface area (Å²) in [5.74, 6) is -1.32. The van der Waals surface area contributed by atoms with Gasteiger partial charge >= 0.3 is 5.97 Å². The Morgan fingerprint density at radius 1 is 1.17 bits per heavy atom. The first-order valence-electron chi connectivity index (χ1n) is 7.43. The largest absolute Gasteiger partial charge is 0.506 e. The standard InChI is InChI=1S/C18H21NO4/c1-11(2)18(3,17(22)23-4)19-16(21)14-10-9-12-7-5-6-8-13(12)15(14)20/h5-11,20H,1-4H3,(H,19,21). The highest BCUT2D eigenvalue weighted by Crippen LogP contribution is 2.29. The average Bonchev–Trinajstić information content (AvgIpc) is 2.54. The molecule has 1 unspecified atom stereocenters. The van der Waals surface area contributed by atoms with Gasteiger partial charge in [0.15, 0.2) is 0 Å². The van der Waals surface area contributed by atoms with Gasteiger partial charge in [-0.15, -0.1) is 0 Å². The van der Waals surface area contributed by atoms with Gasteiger partial charge in [0.25, 0.3) is 5.91 Å². The zero-order chi connectivity index (χ0) is 17.2. The number of hydrogen-bond acceptors (Lipinski definition) is 4. The third-order valence-corrected chi connectivity index (χ3v) is 4.28. The van der Waals surface area contributed by atoms with Crippen molar-refractivity contribution < 1.29 is 19.4 Å². The fourth-order valence-corrected chi connectivity index (χ4v) is 2.38. The summed E-state index contributed by atoms with van der Waals surface area (Å²) in [6, 6.07) is 10.5. The average molecular weight is 315 g/mol. The lowest BCUT2D eigenvalue weighted by Gasteiger charge is -2.31. The van der Waals surface area contributed by atoms with E-state index in [0.29, 0.717) is 5.39 Å². The van der Waals surface area contributed by atoms with Crippen LogP contribution in [0, 0.1) is 5.92 Å². The summed E-state index contributed by atoms with van der Waals surface area (Å²) >= 11 is 0. The molecule has 23 heavy (non-hydrogen) atoms. The maximum Gasteiger partial charge on any atom is 0.331 e. The predicted molar refractivity (Wildman–Crippen MR) is 88.3 cm³/mol. The van der Waals surface area contributed by atoms with E-state index in [-0.39, 0.29) is 17.2 Å². The van der Waals surface area contributed by atoms with Crippen molar-refractivity contribution in [1.29, 1.82) is 0 Å². The van der Waals surface area contributed by atoms with Gasteiger partial charge in [0.1, 0.15) is 11.3 Å². The van der Waals surface area contributed by atoms with E-state index in [1.165, 1.54) is 7.11 Å². The van der Waals surface area contributed by atoms with Crippen molar-refractivity contribution in [3.63, 3.8) is 0 Å². The summed E-state index contributed by atoms with van der Waals surface area (Å²) in [7, 11) is 1.28. The molecular formula is C18H21NO4. The molecule has 0 saturated carbocycles. The second kappa shape index (κ2) is 6.28. The summed E-state index contributed by atoms with van der Waals surface area (Å²) in [4.78, 5) is 24.6. The highest BCUT2D eigenvalue weighted by Gasteiger charge is 2.39. The Bertz CT molecular complexity index is 754. The van der Waals surface area contributed by atoms with E-state index in [9.17, 15) is 14.7 Å². The first-order chi connectivity index (χ1) is 10.8. The van der Waals surface area contributed by atoms with E-state index in [1.807, 2.05) is 26.0 Å². The minimum Gasteiger partial charge on any atom is -0.506 e. The second-order valence-corrected chi connectivity index (χ2v) is 5.99. The highest BCUT2D eigenvalue weighted by molar-refractivity contribution is 6.05. The summed E-state index contributed by atoms with van der Waals surface area (Å²) in [6.07, 6.45) is 0. The summed E-state index contributed by atoms with van der Waals surface area (Å²) in [6.45, 7) is 5.24. The Hall–Kier alpha value is -2.56. The molecule has 2 rings (SSSR count). The van der Waals surface area contributed by atoms with Crippen molar-refractivity contribution in [2.45, 2.75) is 26.3 Å². The van der Waals surface area contributed by atoms with E-state index < -0.39 is 17.4 Å². The number of hydrogen-bond donors (Lipinski definition) is 2. The number of amides is 1. The number of esters is 1. The number of aromatic hydroxyl groups is 1. The fraction of sp³-hybridized carbons (Fsp3) is 0.333. The molecular weight excluding hydrogens is 294 g/mol. The number of phenols is 1. The van der Waals surface area contributed by atoms with Gasteiger partial charge < -0.3 is 15.2 Å². The van der Waals surface area contributed by atoms with Crippen LogP contribution >= 0.6 is 0 Å². The number of carbonyl (C=O) groups is 2. The van der Waals surface area contributed by atoms with Crippen molar-refractivity contribution in [3.05, 3.63) is 42.0 Å². The van der Waals surface area contributed by atoms with Gasteiger partial charge in [-0.05, 0) is 24.3 Å².